The van der Waals surface area contributed by atoms with Crippen molar-refractivity contribution in [3.8, 4) is 5.75 Å². The number of halogens is 1. The van der Waals surface area contributed by atoms with Gasteiger partial charge in [0.2, 0.25) is 5.91 Å². The van der Waals surface area contributed by atoms with Crippen LogP contribution in [0.4, 0.5) is 4.39 Å². The molecule has 0 unspecified atom stereocenters. The SMILES string of the molecule is COc1ccc(CN2C[C@@H](CN(Cc3ccc(F)cc3)C(C)=O)[C@@H](c3ccc(C)cc3)C2)cc1. The molecule has 5 heteroatoms. The predicted octanol–water partition coefficient (Wildman–Crippen LogP) is 5.41. The van der Waals surface area contributed by atoms with Crippen molar-refractivity contribution in [2.24, 2.45) is 5.92 Å². The van der Waals surface area contributed by atoms with Gasteiger partial charge < -0.3 is 9.64 Å². The fraction of sp³-hybridized carbons (Fsp3) is 0.345. The number of methoxy groups -OCH3 is 1. The molecule has 3 aromatic rings. The molecular weight excluding hydrogens is 427 g/mol. The molecule has 0 aliphatic carbocycles. The Bertz CT molecular complexity index is 1080. The van der Waals surface area contributed by atoms with Gasteiger partial charge in [0.05, 0.1) is 7.11 Å². The number of hydrogen-bond donors (Lipinski definition) is 0. The molecule has 178 valence electrons. The topological polar surface area (TPSA) is 32.8 Å². The molecule has 1 fully saturated rings. The highest BCUT2D eigenvalue weighted by Crippen LogP contribution is 2.35. The third kappa shape index (κ3) is 6.03. The minimum atomic E-state index is -0.262. The number of rotatable bonds is 8. The Kier molecular flexibility index (Phi) is 7.63. The maximum absolute atomic E-state index is 13.3. The van der Waals surface area contributed by atoms with Crippen LogP contribution in [0.5, 0.6) is 5.75 Å². The number of carbonyl (C=O) groups is 1. The molecule has 0 bridgehead atoms. The molecule has 4 nitrogen and oxygen atoms in total. The van der Waals surface area contributed by atoms with E-state index in [4.69, 9.17) is 4.74 Å². The van der Waals surface area contributed by atoms with Gasteiger partial charge in [0.25, 0.3) is 0 Å². The Morgan fingerprint density at radius 1 is 0.971 bits per heavy atom. The Morgan fingerprint density at radius 3 is 2.24 bits per heavy atom. The van der Waals surface area contributed by atoms with E-state index in [1.54, 1.807) is 26.2 Å². The van der Waals surface area contributed by atoms with Crippen molar-refractivity contribution in [3.05, 3.63) is 101 Å². The highest BCUT2D eigenvalue weighted by atomic mass is 19.1. The quantitative estimate of drug-likeness (QED) is 0.451. The first-order chi connectivity index (χ1) is 16.4. The summed E-state index contributed by atoms with van der Waals surface area (Å²) in [5, 5.41) is 0. The van der Waals surface area contributed by atoms with Crippen molar-refractivity contribution >= 4 is 5.91 Å². The van der Waals surface area contributed by atoms with Crippen molar-refractivity contribution in [3.63, 3.8) is 0 Å². The smallest absolute Gasteiger partial charge is 0.219 e. The summed E-state index contributed by atoms with van der Waals surface area (Å²) < 4.78 is 18.6. The van der Waals surface area contributed by atoms with Crippen LogP contribution in [0.1, 0.15) is 35.1 Å². The summed E-state index contributed by atoms with van der Waals surface area (Å²) in [7, 11) is 1.68. The molecule has 0 saturated carbocycles. The summed E-state index contributed by atoms with van der Waals surface area (Å²) >= 11 is 0. The highest BCUT2D eigenvalue weighted by Gasteiger charge is 2.35. The van der Waals surface area contributed by atoms with E-state index in [9.17, 15) is 9.18 Å². The number of carbonyl (C=O) groups excluding carboxylic acids is 1. The largest absolute Gasteiger partial charge is 0.497 e. The van der Waals surface area contributed by atoms with Crippen LogP contribution in [-0.2, 0) is 17.9 Å². The number of likely N-dealkylation sites (tertiary alicyclic amines) is 1. The second kappa shape index (κ2) is 10.8. The summed E-state index contributed by atoms with van der Waals surface area (Å²) in [6.45, 7) is 7.61. The van der Waals surface area contributed by atoms with Gasteiger partial charge in [-0.05, 0) is 53.8 Å². The molecule has 0 aromatic heterocycles. The van der Waals surface area contributed by atoms with E-state index >= 15 is 0 Å². The normalized spacial score (nSPS) is 18.1. The van der Waals surface area contributed by atoms with Gasteiger partial charge in [-0.1, -0.05) is 54.1 Å². The zero-order valence-electron chi connectivity index (χ0n) is 20.2. The molecule has 0 radical (unpaired) electrons. The lowest BCUT2D eigenvalue weighted by molar-refractivity contribution is -0.130. The van der Waals surface area contributed by atoms with Gasteiger partial charge >= 0.3 is 0 Å². The van der Waals surface area contributed by atoms with Crippen LogP contribution in [0, 0.1) is 18.7 Å². The Labute approximate surface area is 202 Å². The fourth-order valence-corrected chi connectivity index (χ4v) is 4.85. The molecular formula is C29H33FN2O2. The monoisotopic (exact) mass is 460 g/mol. The van der Waals surface area contributed by atoms with Crippen molar-refractivity contribution in [2.75, 3.05) is 26.7 Å². The highest BCUT2D eigenvalue weighted by molar-refractivity contribution is 5.73. The summed E-state index contributed by atoms with van der Waals surface area (Å²) in [6.07, 6.45) is 0. The number of nitrogens with zero attached hydrogens (tertiary/aromatic N) is 2. The van der Waals surface area contributed by atoms with Crippen molar-refractivity contribution < 1.29 is 13.9 Å². The summed E-state index contributed by atoms with van der Waals surface area (Å²) in [6, 6.07) is 23.4. The molecule has 1 amide bonds. The first-order valence-electron chi connectivity index (χ1n) is 11.8. The second-order valence-electron chi connectivity index (χ2n) is 9.35. The van der Waals surface area contributed by atoms with Gasteiger partial charge in [0.15, 0.2) is 0 Å². The van der Waals surface area contributed by atoms with E-state index in [1.807, 2.05) is 17.0 Å². The standard InChI is InChI=1S/C29H33FN2O2/c1-21-4-10-25(11-5-21)29-20-31(16-23-8-14-28(34-3)15-9-23)18-26(29)19-32(22(2)33)17-24-6-12-27(30)13-7-24/h4-15,26,29H,16-20H2,1-3H3/t26-,29+/m0/s1. The van der Waals surface area contributed by atoms with Gasteiger partial charge in [-0.15, -0.1) is 0 Å². The van der Waals surface area contributed by atoms with Crippen LogP contribution >= 0.6 is 0 Å². The van der Waals surface area contributed by atoms with Gasteiger partial charge in [-0.25, -0.2) is 4.39 Å². The molecule has 0 N–H and O–H groups in total. The minimum absolute atomic E-state index is 0.0422. The number of benzene rings is 3. The molecule has 34 heavy (non-hydrogen) atoms. The molecule has 1 aliphatic heterocycles. The van der Waals surface area contributed by atoms with Gasteiger partial charge in [-0.2, -0.15) is 0 Å². The van der Waals surface area contributed by atoms with Crippen LogP contribution in [-0.4, -0.2) is 42.5 Å². The third-order valence-electron chi connectivity index (χ3n) is 6.77. The summed E-state index contributed by atoms with van der Waals surface area (Å²) in [5.74, 6) is 1.29. The van der Waals surface area contributed by atoms with E-state index in [0.29, 0.717) is 24.9 Å². The van der Waals surface area contributed by atoms with E-state index in [2.05, 4.69) is 48.2 Å². The van der Waals surface area contributed by atoms with Crippen molar-refractivity contribution in [2.45, 2.75) is 32.9 Å². The first kappa shape index (κ1) is 24.0. The molecule has 1 saturated heterocycles. The summed E-state index contributed by atoms with van der Waals surface area (Å²) in [4.78, 5) is 16.9. The molecule has 0 spiro atoms. The van der Waals surface area contributed by atoms with Crippen LogP contribution in [0.2, 0.25) is 0 Å². The van der Waals surface area contributed by atoms with Crippen molar-refractivity contribution in [1.82, 2.24) is 9.80 Å². The molecule has 1 heterocycles. The minimum Gasteiger partial charge on any atom is -0.497 e. The van der Waals surface area contributed by atoms with Crippen LogP contribution in [0.15, 0.2) is 72.8 Å². The average Bonchev–Trinajstić information content (AvgIpc) is 3.23. The Morgan fingerprint density at radius 2 is 1.62 bits per heavy atom. The molecule has 2 atom stereocenters. The van der Waals surface area contributed by atoms with E-state index in [1.165, 1.54) is 28.8 Å². The maximum Gasteiger partial charge on any atom is 0.219 e. The molecule has 3 aromatic carbocycles. The lowest BCUT2D eigenvalue weighted by Crippen LogP contribution is -2.35. The maximum atomic E-state index is 13.3. The number of hydrogen-bond acceptors (Lipinski definition) is 3. The van der Waals surface area contributed by atoms with Gasteiger partial charge in [-0.3, -0.25) is 9.69 Å². The number of ether oxygens (including phenoxy) is 1. The Balaban J connectivity index is 1.52. The Hall–Kier alpha value is -3.18. The number of aryl methyl sites for hydroxylation is 1. The lowest BCUT2D eigenvalue weighted by atomic mass is 9.88. The predicted molar refractivity (Wildman–Crippen MR) is 133 cm³/mol. The van der Waals surface area contributed by atoms with E-state index < -0.39 is 0 Å². The van der Waals surface area contributed by atoms with E-state index in [-0.39, 0.29) is 11.7 Å². The molecule has 1 aliphatic rings. The molecule has 4 rings (SSSR count). The van der Waals surface area contributed by atoms with Crippen LogP contribution < -0.4 is 4.74 Å². The first-order valence-corrected chi connectivity index (χ1v) is 11.8. The number of amides is 1. The average molecular weight is 461 g/mol. The lowest BCUT2D eigenvalue weighted by Gasteiger charge is -2.28. The van der Waals surface area contributed by atoms with Crippen LogP contribution in [0.25, 0.3) is 0 Å². The van der Waals surface area contributed by atoms with E-state index in [0.717, 1.165) is 30.9 Å². The zero-order chi connectivity index (χ0) is 24.1. The second-order valence-corrected chi connectivity index (χ2v) is 9.35. The summed E-state index contributed by atoms with van der Waals surface area (Å²) in [5.41, 5.74) is 4.75. The zero-order valence-corrected chi connectivity index (χ0v) is 20.2. The third-order valence-corrected chi connectivity index (χ3v) is 6.77. The van der Waals surface area contributed by atoms with Gasteiger partial charge in [0.1, 0.15) is 11.6 Å². The van der Waals surface area contributed by atoms with Gasteiger partial charge in [0, 0.05) is 45.6 Å². The van der Waals surface area contributed by atoms with Crippen LogP contribution in [0.3, 0.4) is 0 Å². The fourth-order valence-electron chi connectivity index (χ4n) is 4.85. The van der Waals surface area contributed by atoms with Crippen molar-refractivity contribution in [1.29, 1.82) is 0 Å².